The number of amides is 2. The number of urea groups is 1. The molecule has 0 heterocycles. The Morgan fingerprint density at radius 3 is 2.36 bits per heavy atom. The van der Waals surface area contributed by atoms with Crippen LogP contribution in [0.1, 0.15) is 90.9 Å². The predicted octanol–water partition coefficient (Wildman–Crippen LogP) is 8.71. The Morgan fingerprint density at radius 1 is 0.906 bits per heavy atom. The monoisotopic (exact) mass is 716 g/mol. The van der Waals surface area contributed by atoms with Crippen LogP contribution in [0.3, 0.4) is 0 Å². The third-order valence-corrected chi connectivity index (χ3v) is 11.6. The van der Waals surface area contributed by atoms with E-state index in [0.29, 0.717) is 66.8 Å². The van der Waals surface area contributed by atoms with Crippen molar-refractivity contribution >= 4 is 17.5 Å². The van der Waals surface area contributed by atoms with E-state index >= 15 is 0 Å². The number of ether oxygens (including phenoxy) is 2. The van der Waals surface area contributed by atoms with E-state index in [-0.39, 0.29) is 30.8 Å². The van der Waals surface area contributed by atoms with Crippen molar-refractivity contribution in [3.63, 3.8) is 0 Å². The van der Waals surface area contributed by atoms with Crippen molar-refractivity contribution in [3.8, 4) is 11.5 Å². The fourth-order valence-electron chi connectivity index (χ4n) is 8.37. The third-order valence-electron chi connectivity index (χ3n) is 11.6. The molecular weight excluding hydrogens is 665 g/mol. The van der Waals surface area contributed by atoms with Gasteiger partial charge in [0.05, 0.1) is 39.0 Å². The molecule has 2 amide bonds. The van der Waals surface area contributed by atoms with Crippen LogP contribution >= 0.6 is 0 Å². The van der Waals surface area contributed by atoms with Crippen LogP contribution in [0, 0.1) is 5.41 Å². The van der Waals surface area contributed by atoms with E-state index in [4.69, 9.17) is 9.47 Å². The van der Waals surface area contributed by atoms with Crippen LogP contribution in [0.4, 0.5) is 10.5 Å². The zero-order chi connectivity index (χ0) is 37.6. The van der Waals surface area contributed by atoms with Gasteiger partial charge in [0.25, 0.3) is 0 Å². The van der Waals surface area contributed by atoms with Gasteiger partial charge in [-0.05, 0) is 99.2 Å². The zero-order valence-electron chi connectivity index (χ0n) is 31.3. The number of nitrogens with zero attached hydrogens (tertiary/aromatic N) is 1. The number of hydrogen-bond acceptors (Lipinski definition) is 6. The number of hydrogen-bond donors (Lipinski definition) is 3. The van der Waals surface area contributed by atoms with E-state index in [1.807, 2.05) is 91.0 Å². The summed E-state index contributed by atoms with van der Waals surface area (Å²) in [5, 5.41) is 27.1. The van der Waals surface area contributed by atoms with Gasteiger partial charge >= 0.3 is 6.03 Å². The summed E-state index contributed by atoms with van der Waals surface area (Å²) in [6.07, 6.45) is 5.94. The van der Waals surface area contributed by atoms with Gasteiger partial charge in [0.15, 0.2) is 5.78 Å². The number of aliphatic hydroxyl groups excluding tert-OH is 1. The number of allylic oxidation sites excluding steroid dienone is 2. The number of carbonyl (C=O) groups excluding carboxylic acids is 2. The molecule has 0 radical (unpaired) electrons. The zero-order valence-corrected chi connectivity index (χ0v) is 31.3. The average molecular weight is 717 g/mol. The Labute approximate surface area is 313 Å². The second-order valence-electron chi connectivity index (χ2n) is 15.0. The molecule has 278 valence electrons. The minimum atomic E-state index is -1.31. The van der Waals surface area contributed by atoms with Crippen LogP contribution < -0.4 is 14.8 Å². The van der Waals surface area contributed by atoms with Crippen molar-refractivity contribution in [2.24, 2.45) is 5.41 Å². The lowest BCUT2D eigenvalue weighted by Gasteiger charge is -2.46. The molecule has 0 aliphatic heterocycles. The topological polar surface area (TPSA) is 108 Å². The van der Waals surface area contributed by atoms with Crippen molar-refractivity contribution in [3.05, 3.63) is 137 Å². The maximum atomic E-state index is 14.3. The van der Waals surface area contributed by atoms with E-state index in [9.17, 15) is 19.8 Å². The highest BCUT2D eigenvalue weighted by Gasteiger charge is 2.57. The number of fused-ring (bicyclic) bond motifs is 8. The summed E-state index contributed by atoms with van der Waals surface area (Å²) in [6.45, 7) is 4.47. The molecule has 3 aliphatic carbocycles. The minimum absolute atomic E-state index is 0.0583. The Hall–Kier alpha value is -4.92. The Bertz CT molecular complexity index is 1930. The van der Waals surface area contributed by atoms with Crippen molar-refractivity contribution in [1.82, 2.24) is 4.90 Å². The first kappa shape index (κ1) is 37.8. The summed E-state index contributed by atoms with van der Waals surface area (Å²) in [6, 6.07) is 29.8. The van der Waals surface area contributed by atoms with Gasteiger partial charge in [-0.1, -0.05) is 79.2 Å². The molecule has 4 atom stereocenters. The second-order valence-corrected chi connectivity index (χ2v) is 15.0. The van der Waals surface area contributed by atoms with Gasteiger partial charge < -0.3 is 29.9 Å². The van der Waals surface area contributed by atoms with Gasteiger partial charge in [-0.3, -0.25) is 4.79 Å². The lowest BCUT2D eigenvalue weighted by Crippen LogP contribution is -2.54. The lowest BCUT2D eigenvalue weighted by molar-refractivity contribution is -0.0773. The molecule has 1 fully saturated rings. The van der Waals surface area contributed by atoms with Gasteiger partial charge in [-0.15, -0.1) is 0 Å². The fourth-order valence-corrected chi connectivity index (χ4v) is 8.37. The van der Waals surface area contributed by atoms with Gasteiger partial charge in [0.1, 0.15) is 11.5 Å². The molecule has 2 bridgehead atoms. The van der Waals surface area contributed by atoms with E-state index in [1.165, 1.54) is 5.57 Å². The number of anilines is 1. The number of aliphatic hydroxyl groups is 2. The van der Waals surface area contributed by atoms with E-state index < -0.39 is 17.1 Å². The molecule has 0 unspecified atom stereocenters. The van der Waals surface area contributed by atoms with Crippen molar-refractivity contribution in [1.29, 1.82) is 0 Å². The van der Waals surface area contributed by atoms with Gasteiger partial charge in [0.2, 0.25) is 0 Å². The number of carbonyl (C=O) groups is 2. The summed E-state index contributed by atoms with van der Waals surface area (Å²) < 4.78 is 11.2. The first-order chi connectivity index (χ1) is 25.5. The summed E-state index contributed by atoms with van der Waals surface area (Å²) in [5.74, 6) is 0.964. The number of methoxy groups -OCH3 is 2. The van der Waals surface area contributed by atoms with Crippen molar-refractivity contribution in [2.75, 3.05) is 26.1 Å². The molecule has 0 spiro atoms. The van der Waals surface area contributed by atoms with Gasteiger partial charge in [-0.25, -0.2) is 4.79 Å². The predicted molar refractivity (Wildman–Crippen MR) is 209 cm³/mol. The molecule has 4 aromatic carbocycles. The number of rotatable bonds is 9. The normalized spacial score (nSPS) is 22.9. The Balaban J connectivity index is 1.43. The SMILES string of the molecule is COc1ccc(CN(C[C@]2(O)CC[C@H]3c4ccc(cc4C(=O)c4ccccc4)C[C@@H](O)CCC(C)=CCC[C@@]32C)C(=O)Nc2ccccc2)c(OC)c1. The van der Waals surface area contributed by atoms with Crippen LogP contribution in [0.25, 0.3) is 0 Å². The van der Waals surface area contributed by atoms with Crippen LogP contribution in [-0.4, -0.2) is 59.4 Å². The fraction of sp³-hybridized carbons (Fsp3) is 0.378. The molecule has 1 saturated carbocycles. The highest BCUT2D eigenvalue weighted by Crippen LogP contribution is 2.59. The summed E-state index contributed by atoms with van der Waals surface area (Å²) in [7, 11) is 3.19. The van der Waals surface area contributed by atoms with E-state index in [0.717, 1.165) is 23.1 Å². The highest BCUT2D eigenvalue weighted by atomic mass is 16.5. The maximum absolute atomic E-state index is 14.3. The number of para-hydroxylation sites is 1. The number of nitrogens with one attached hydrogen (secondary N) is 1. The van der Waals surface area contributed by atoms with E-state index in [2.05, 4.69) is 25.2 Å². The first-order valence-corrected chi connectivity index (χ1v) is 18.6. The summed E-state index contributed by atoms with van der Waals surface area (Å²) in [5.41, 5.74) is 3.59. The molecule has 7 rings (SSSR count). The highest BCUT2D eigenvalue weighted by molar-refractivity contribution is 6.10. The molecule has 4 aromatic rings. The Kier molecular flexibility index (Phi) is 11.7. The summed E-state index contributed by atoms with van der Waals surface area (Å²) in [4.78, 5) is 30.2. The van der Waals surface area contributed by atoms with Gasteiger partial charge in [-0.2, -0.15) is 0 Å². The molecule has 8 heteroatoms. The molecule has 0 saturated heterocycles. The maximum Gasteiger partial charge on any atom is 0.322 e. The third kappa shape index (κ3) is 8.34. The van der Waals surface area contributed by atoms with Crippen molar-refractivity contribution in [2.45, 2.75) is 83.0 Å². The van der Waals surface area contributed by atoms with Gasteiger partial charge in [0, 0.05) is 33.9 Å². The van der Waals surface area contributed by atoms with Crippen LogP contribution in [0.5, 0.6) is 11.5 Å². The minimum Gasteiger partial charge on any atom is -0.497 e. The van der Waals surface area contributed by atoms with E-state index in [1.54, 1.807) is 25.2 Å². The van der Waals surface area contributed by atoms with Crippen LogP contribution in [0.2, 0.25) is 0 Å². The smallest absolute Gasteiger partial charge is 0.322 e. The molecular formula is C45H52N2O6. The largest absolute Gasteiger partial charge is 0.497 e. The summed E-state index contributed by atoms with van der Waals surface area (Å²) >= 11 is 0. The molecule has 0 aromatic heterocycles. The number of ketones is 1. The molecule has 53 heavy (non-hydrogen) atoms. The van der Waals surface area contributed by atoms with Crippen LogP contribution in [0.15, 0.2) is 109 Å². The lowest BCUT2D eigenvalue weighted by atomic mass is 9.64. The molecule has 3 N–H and O–H groups in total. The molecule has 3 aliphatic rings. The standard InChI is InChI=1S/C45H52N2O6/c1-31-12-11-24-44(2)40(38-22-18-32(26-36(48)20-17-31)27-39(38)42(49)33-13-7-5-8-14-33)23-25-45(44,51)30-47(43(50)46-35-15-9-6-10-16-35)29-34-19-21-37(52-3)28-41(34)53-4/h5-10,12-16,18-19,21-22,27-28,36,40,48,51H,11,17,20,23-26,29-30H2,1-4H3,(H,46,50)/t36-,40-,44-,45+/m0/s1. The Morgan fingerprint density at radius 2 is 1.64 bits per heavy atom. The quantitative estimate of drug-likeness (QED) is 0.118. The first-order valence-electron chi connectivity index (χ1n) is 18.6. The molecule has 8 nitrogen and oxygen atoms in total. The van der Waals surface area contributed by atoms with Crippen molar-refractivity contribution < 1.29 is 29.3 Å². The van der Waals surface area contributed by atoms with Crippen LogP contribution in [-0.2, 0) is 13.0 Å². The second kappa shape index (κ2) is 16.4. The average Bonchev–Trinajstić information content (AvgIpc) is 3.42. The number of benzene rings is 4.